The van der Waals surface area contributed by atoms with E-state index in [-0.39, 0.29) is 11.3 Å². The summed E-state index contributed by atoms with van der Waals surface area (Å²) in [6, 6.07) is 16.3. The van der Waals surface area contributed by atoms with Gasteiger partial charge in [-0.25, -0.2) is 0 Å². The molecule has 2 N–H and O–H groups in total. The molecular weight excluding hydrogens is 400 g/mol. The number of benzene rings is 2. The first-order valence-corrected chi connectivity index (χ1v) is 9.36. The Hall–Kier alpha value is -2.49. The number of H-pyrrole nitrogens is 1. The molecule has 2 aromatic carbocycles. The predicted molar refractivity (Wildman–Crippen MR) is 104 cm³/mol. The molecule has 0 fully saturated rings. The average molecular weight is 413 g/mol. The van der Waals surface area contributed by atoms with E-state index in [0.717, 1.165) is 14.9 Å². The van der Waals surface area contributed by atoms with Gasteiger partial charge in [0, 0.05) is 20.5 Å². The molecule has 0 saturated carbocycles. The fourth-order valence-electron chi connectivity index (χ4n) is 2.62. The monoisotopic (exact) mass is 412 g/mol. The molecule has 0 aliphatic rings. The number of halogens is 1. The molecule has 1 heterocycles. The normalized spacial score (nSPS) is 10.4. The fourth-order valence-corrected chi connectivity index (χ4v) is 3.59. The Morgan fingerprint density at radius 2 is 1.88 bits per heavy atom. The van der Waals surface area contributed by atoms with Crippen molar-refractivity contribution < 1.29 is 5.11 Å². The second-order valence-corrected chi connectivity index (χ2v) is 7.04. The van der Waals surface area contributed by atoms with Crippen LogP contribution in [-0.4, -0.2) is 16.3 Å². The van der Waals surface area contributed by atoms with Crippen molar-refractivity contribution in [3.8, 4) is 34.2 Å². The number of nitriles is 1. The number of aromatic nitrogens is 1. The lowest BCUT2D eigenvalue weighted by Crippen LogP contribution is -2.13. The van der Waals surface area contributed by atoms with Crippen molar-refractivity contribution in [2.75, 3.05) is 6.26 Å². The molecule has 6 heteroatoms. The van der Waals surface area contributed by atoms with Crippen molar-refractivity contribution in [2.24, 2.45) is 0 Å². The van der Waals surface area contributed by atoms with Crippen LogP contribution in [0, 0.1) is 11.3 Å². The number of aromatic amines is 1. The number of pyridine rings is 1. The molecule has 0 bridgehead atoms. The molecular formula is C19H13BrN2O2S. The van der Waals surface area contributed by atoms with Gasteiger partial charge in [-0.1, -0.05) is 34.1 Å². The van der Waals surface area contributed by atoms with E-state index in [1.165, 1.54) is 0 Å². The van der Waals surface area contributed by atoms with E-state index in [9.17, 15) is 15.2 Å². The number of phenolic OH excluding ortho intramolecular Hbond substituents is 1. The Balaban J connectivity index is 2.33. The van der Waals surface area contributed by atoms with Gasteiger partial charge in [-0.2, -0.15) is 5.26 Å². The average Bonchev–Trinajstić information content (AvgIpc) is 2.63. The molecule has 0 amide bonds. The number of nitrogens with zero attached hydrogens (tertiary/aromatic N) is 1. The SMILES string of the molecule is CSc1ccccc1-c1cc(-c2cc(Br)ccc2O)[nH]c(=O)c1C#N. The van der Waals surface area contributed by atoms with E-state index in [4.69, 9.17) is 0 Å². The Morgan fingerprint density at radius 3 is 2.60 bits per heavy atom. The zero-order valence-corrected chi connectivity index (χ0v) is 15.6. The molecule has 0 unspecified atom stereocenters. The van der Waals surface area contributed by atoms with E-state index >= 15 is 0 Å². The molecule has 3 aromatic rings. The van der Waals surface area contributed by atoms with E-state index in [2.05, 4.69) is 20.9 Å². The van der Waals surface area contributed by atoms with E-state index < -0.39 is 5.56 Å². The van der Waals surface area contributed by atoms with Crippen molar-refractivity contribution in [1.82, 2.24) is 4.98 Å². The maximum atomic E-state index is 12.5. The third-order valence-corrected chi connectivity index (χ3v) is 5.08. The quantitative estimate of drug-likeness (QED) is 0.607. The van der Waals surface area contributed by atoms with Gasteiger partial charge < -0.3 is 10.1 Å². The first-order chi connectivity index (χ1) is 12.0. The van der Waals surface area contributed by atoms with Gasteiger partial charge in [0.25, 0.3) is 5.56 Å². The zero-order chi connectivity index (χ0) is 18.0. The van der Waals surface area contributed by atoms with Gasteiger partial charge in [-0.05, 0) is 42.2 Å². The van der Waals surface area contributed by atoms with Gasteiger partial charge in [-0.3, -0.25) is 4.79 Å². The van der Waals surface area contributed by atoms with Crippen LogP contribution in [0.25, 0.3) is 22.4 Å². The molecule has 0 spiro atoms. The number of phenols is 1. The minimum atomic E-state index is -0.481. The van der Waals surface area contributed by atoms with Crippen molar-refractivity contribution in [2.45, 2.75) is 4.90 Å². The van der Waals surface area contributed by atoms with Gasteiger partial charge >= 0.3 is 0 Å². The number of rotatable bonds is 3. The number of hydrogen-bond donors (Lipinski definition) is 2. The largest absolute Gasteiger partial charge is 0.507 e. The predicted octanol–water partition coefficient (Wildman–Crippen LogP) is 4.77. The highest BCUT2D eigenvalue weighted by Gasteiger charge is 2.16. The fraction of sp³-hybridized carbons (Fsp3) is 0.0526. The number of nitrogens with one attached hydrogen (secondary N) is 1. The van der Waals surface area contributed by atoms with Crippen LogP contribution >= 0.6 is 27.7 Å². The van der Waals surface area contributed by atoms with Gasteiger partial charge in [0.1, 0.15) is 17.4 Å². The third kappa shape index (κ3) is 3.34. The summed E-state index contributed by atoms with van der Waals surface area (Å²) in [5.41, 5.74) is 1.87. The van der Waals surface area contributed by atoms with Gasteiger partial charge in [0.2, 0.25) is 0 Å². The van der Waals surface area contributed by atoms with Gasteiger partial charge in [0.05, 0.1) is 5.69 Å². The van der Waals surface area contributed by atoms with Crippen LogP contribution in [0.3, 0.4) is 0 Å². The minimum Gasteiger partial charge on any atom is -0.507 e. The topological polar surface area (TPSA) is 76.9 Å². The highest BCUT2D eigenvalue weighted by atomic mass is 79.9. The molecule has 0 radical (unpaired) electrons. The van der Waals surface area contributed by atoms with Crippen molar-refractivity contribution in [3.05, 3.63) is 68.9 Å². The van der Waals surface area contributed by atoms with Crippen molar-refractivity contribution in [3.63, 3.8) is 0 Å². The van der Waals surface area contributed by atoms with Crippen LogP contribution in [0.15, 0.2) is 62.7 Å². The highest BCUT2D eigenvalue weighted by molar-refractivity contribution is 9.10. The summed E-state index contributed by atoms with van der Waals surface area (Å²) in [5.74, 6) is 0.0488. The minimum absolute atomic E-state index is 0.0488. The summed E-state index contributed by atoms with van der Waals surface area (Å²) in [6.07, 6.45) is 1.94. The summed E-state index contributed by atoms with van der Waals surface area (Å²) in [5, 5.41) is 19.6. The molecule has 0 atom stereocenters. The Labute approximate surface area is 157 Å². The molecule has 0 saturated heterocycles. The first-order valence-electron chi connectivity index (χ1n) is 7.35. The standard InChI is InChI=1S/C19H13BrN2O2S/c1-25-18-5-3-2-4-12(18)13-9-16(22-19(24)15(13)10-21)14-8-11(20)6-7-17(14)23/h2-9,23H,1H3,(H,22,24). The lowest BCUT2D eigenvalue weighted by Gasteiger charge is -2.12. The maximum absolute atomic E-state index is 12.5. The molecule has 25 heavy (non-hydrogen) atoms. The molecule has 124 valence electrons. The molecule has 1 aromatic heterocycles. The van der Waals surface area contributed by atoms with Crippen LogP contribution in [0.5, 0.6) is 5.75 Å². The Morgan fingerprint density at radius 1 is 1.12 bits per heavy atom. The Kier molecular flexibility index (Phi) is 4.98. The van der Waals surface area contributed by atoms with E-state index in [1.54, 1.807) is 36.0 Å². The zero-order valence-electron chi connectivity index (χ0n) is 13.2. The lowest BCUT2D eigenvalue weighted by molar-refractivity contribution is 0.477. The van der Waals surface area contributed by atoms with Crippen LogP contribution in [0.4, 0.5) is 0 Å². The van der Waals surface area contributed by atoms with Gasteiger partial charge in [-0.15, -0.1) is 11.8 Å². The maximum Gasteiger partial charge on any atom is 0.266 e. The summed E-state index contributed by atoms with van der Waals surface area (Å²) in [4.78, 5) is 16.1. The van der Waals surface area contributed by atoms with Crippen molar-refractivity contribution >= 4 is 27.7 Å². The second kappa shape index (κ2) is 7.18. The van der Waals surface area contributed by atoms with Crippen LogP contribution in [0.2, 0.25) is 0 Å². The molecule has 0 aliphatic heterocycles. The number of thioether (sulfide) groups is 1. The Bertz CT molecular complexity index is 1050. The smallest absolute Gasteiger partial charge is 0.266 e. The second-order valence-electron chi connectivity index (χ2n) is 5.27. The van der Waals surface area contributed by atoms with E-state index in [0.29, 0.717) is 16.8 Å². The third-order valence-electron chi connectivity index (χ3n) is 3.79. The van der Waals surface area contributed by atoms with Crippen LogP contribution in [-0.2, 0) is 0 Å². The summed E-state index contributed by atoms with van der Waals surface area (Å²) < 4.78 is 0.775. The van der Waals surface area contributed by atoms with Crippen molar-refractivity contribution in [1.29, 1.82) is 5.26 Å². The summed E-state index contributed by atoms with van der Waals surface area (Å²) >= 11 is 4.91. The van der Waals surface area contributed by atoms with Crippen LogP contribution in [0.1, 0.15) is 5.56 Å². The first kappa shape index (κ1) is 17.3. The molecule has 3 rings (SSSR count). The summed E-state index contributed by atoms with van der Waals surface area (Å²) in [7, 11) is 0. The molecule has 4 nitrogen and oxygen atoms in total. The highest BCUT2D eigenvalue weighted by Crippen LogP contribution is 2.35. The summed E-state index contributed by atoms with van der Waals surface area (Å²) in [6.45, 7) is 0. The lowest BCUT2D eigenvalue weighted by atomic mass is 9.99. The van der Waals surface area contributed by atoms with Gasteiger partial charge in [0.15, 0.2) is 0 Å². The number of aromatic hydroxyl groups is 1. The van der Waals surface area contributed by atoms with Crippen LogP contribution < -0.4 is 5.56 Å². The molecule has 0 aliphatic carbocycles. The van der Waals surface area contributed by atoms with E-state index in [1.807, 2.05) is 36.6 Å². The number of hydrogen-bond acceptors (Lipinski definition) is 4.